The van der Waals surface area contributed by atoms with Crippen molar-refractivity contribution >= 4 is 62.3 Å². The summed E-state index contributed by atoms with van der Waals surface area (Å²) < 4.78 is 12.0. The van der Waals surface area contributed by atoms with Crippen molar-refractivity contribution in [3.63, 3.8) is 0 Å². The summed E-state index contributed by atoms with van der Waals surface area (Å²) in [5, 5.41) is 21.8. The van der Waals surface area contributed by atoms with E-state index in [9.17, 15) is 14.7 Å². The smallest absolute Gasteiger partial charge is 0.355 e. The third-order valence-electron chi connectivity index (χ3n) is 7.75. The maximum Gasteiger partial charge on any atom is 0.355 e. The van der Waals surface area contributed by atoms with Crippen molar-refractivity contribution in [1.29, 1.82) is 0 Å². The molecule has 5 aromatic rings. The minimum atomic E-state index is -1.12. The van der Waals surface area contributed by atoms with Crippen LogP contribution in [0, 0.1) is 0 Å². The number of ether oxygens (including phenoxy) is 2. The van der Waals surface area contributed by atoms with Gasteiger partial charge in [-0.15, -0.1) is 11.3 Å². The van der Waals surface area contributed by atoms with Gasteiger partial charge in [-0.2, -0.15) is 4.98 Å². The maximum atomic E-state index is 13.5. The second-order valence-corrected chi connectivity index (χ2v) is 13.1. The average molecular weight is 654 g/mol. The number of urea groups is 1. The number of anilines is 5. The Morgan fingerprint density at radius 1 is 0.979 bits per heavy atom. The van der Waals surface area contributed by atoms with Crippen molar-refractivity contribution in [3.05, 3.63) is 77.4 Å². The molecule has 3 aromatic carbocycles. The molecule has 1 aliphatic rings. The van der Waals surface area contributed by atoms with Gasteiger partial charge >= 0.3 is 12.0 Å². The average Bonchev–Trinajstić information content (AvgIpc) is 3.79. The number of thiazole rings is 1. The summed E-state index contributed by atoms with van der Waals surface area (Å²) in [7, 11) is 3.49. The van der Waals surface area contributed by atoms with E-state index in [-0.39, 0.29) is 11.1 Å². The molecule has 12 nitrogen and oxygen atoms in total. The molecule has 47 heavy (non-hydrogen) atoms. The van der Waals surface area contributed by atoms with E-state index in [1.54, 1.807) is 24.4 Å². The standard InChI is InChI=1S/C34H35N7O5S/c1-34(2,3)19-16-24(29(45-5)25(17-19)38-33-39-26(18-47-33)30(42)43)37-32(44)36-23-12-13-27(22-9-7-6-8-21(22)23)46-28-14-15-35-31(40-28)41(4)20-10-11-20/h6-9,12-18,20H,10-11H2,1-5H3,(H,38,39)(H,42,43)(H2,36,37,44). The molecule has 0 bridgehead atoms. The van der Waals surface area contributed by atoms with Crippen molar-refractivity contribution < 1.29 is 24.2 Å². The quantitative estimate of drug-likeness (QED) is 0.117. The van der Waals surface area contributed by atoms with Gasteiger partial charge in [-0.25, -0.2) is 19.6 Å². The fraction of sp³-hybridized carbons (Fsp3) is 0.265. The first-order chi connectivity index (χ1) is 22.5. The summed E-state index contributed by atoms with van der Waals surface area (Å²) in [6.07, 6.45) is 3.95. The van der Waals surface area contributed by atoms with E-state index in [0.29, 0.717) is 51.6 Å². The Morgan fingerprint density at radius 2 is 1.70 bits per heavy atom. The number of methoxy groups -OCH3 is 1. The van der Waals surface area contributed by atoms with Gasteiger partial charge in [0.25, 0.3) is 0 Å². The van der Waals surface area contributed by atoms with Crippen molar-refractivity contribution in [3.8, 4) is 17.4 Å². The minimum absolute atomic E-state index is 0.0622. The van der Waals surface area contributed by atoms with Gasteiger partial charge in [0.05, 0.1) is 24.2 Å². The van der Waals surface area contributed by atoms with Crippen LogP contribution in [0.25, 0.3) is 10.8 Å². The van der Waals surface area contributed by atoms with Gasteiger partial charge in [0.2, 0.25) is 11.8 Å². The summed E-state index contributed by atoms with van der Waals surface area (Å²) in [6, 6.07) is 16.7. The molecule has 1 saturated carbocycles. The predicted octanol–water partition coefficient (Wildman–Crippen LogP) is 7.87. The third-order valence-corrected chi connectivity index (χ3v) is 8.50. The van der Waals surface area contributed by atoms with E-state index >= 15 is 0 Å². The molecule has 6 rings (SSSR count). The van der Waals surface area contributed by atoms with Crippen molar-refractivity contribution in [1.82, 2.24) is 15.0 Å². The molecule has 242 valence electrons. The fourth-order valence-electron chi connectivity index (χ4n) is 5.05. The Balaban J connectivity index is 1.26. The van der Waals surface area contributed by atoms with Crippen LogP contribution < -0.4 is 30.3 Å². The fourth-order valence-corrected chi connectivity index (χ4v) is 5.75. The van der Waals surface area contributed by atoms with Crippen LogP contribution in [0.3, 0.4) is 0 Å². The molecule has 0 spiro atoms. The topological polar surface area (TPSA) is 151 Å². The van der Waals surface area contributed by atoms with Crippen molar-refractivity contribution in [2.24, 2.45) is 0 Å². The number of hydrogen-bond acceptors (Lipinski definition) is 10. The summed E-state index contributed by atoms with van der Waals surface area (Å²) in [4.78, 5) is 40.1. The first-order valence-electron chi connectivity index (χ1n) is 15.0. The van der Waals surface area contributed by atoms with Crippen LogP contribution in [0.4, 0.5) is 32.9 Å². The lowest BCUT2D eigenvalue weighted by molar-refractivity contribution is 0.0691. The predicted molar refractivity (Wildman–Crippen MR) is 184 cm³/mol. The molecule has 2 amide bonds. The number of rotatable bonds is 10. The molecule has 0 radical (unpaired) electrons. The van der Waals surface area contributed by atoms with Gasteiger partial charge in [-0.3, -0.25) is 0 Å². The molecular formula is C34H35N7O5S. The molecule has 1 fully saturated rings. The highest BCUT2D eigenvalue weighted by molar-refractivity contribution is 7.14. The lowest BCUT2D eigenvalue weighted by atomic mass is 9.86. The minimum Gasteiger partial charge on any atom is -0.492 e. The van der Waals surface area contributed by atoms with Crippen LogP contribution in [0.1, 0.15) is 49.7 Å². The largest absolute Gasteiger partial charge is 0.492 e. The van der Waals surface area contributed by atoms with Gasteiger partial charge in [-0.05, 0) is 48.1 Å². The number of hydrogen-bond donors (Lipinski definition) is 4. The molecule has 0 saturated heterocycles. The Kier molecular flexibility index (Phi) is 8.56. The number of aromatic nitrogens is 3. The summed E-state index contributed by atoms with van der Waals surface area (Å²) in [6.45, 7) is 6.16. The number of carboxylic acids is 1. The summed E-state index contributed by atoms with van der Waals surface area (Å²) >= 11 is 1.16. The maximum absolute atomic E-state index is 13.5. The Hall–Kier alpha value is -5.43. The van der Waals surface area contributed by atoms with Crippen LogP contribution in [0.5, 0.6) is 17.4 Å². The normalized spacial score (nSPS) is 12.8. The first kappa shape index (κ1) is 31.5. The molecule has 0 atom stereocenters. The SMILES string of the molecule is COc1c(NC(=O)Nc2ccc(Oc3ccnc(N(C)C4CC4)n3)c3ccccc23)cc(C(C)(C)C)cc1Nc1nc(C(=O)O)cs1. The molecule has 4 N–H and O–H groups in total. The van der Waals surface area contributed by atoms with Crippen molar-refractivity contribution in [2.45, 2.75) is 45.1 Å². The number of fused-ring (bicyclic) bond motifs is 1. The van der Waals surface area contributed by atoms with Crippen LogP contribution in [0.15, 0.2) is 66.2 Å². The van der Waals surface area contributed by atoms with E-state index in [4.69, 9.17) is 9.47 Å². The van der Waals surface area contributed by atoms with Gasteiger partial charge in [0.1, 0.15) is 5.75 Å². The number of nitrogens with zero attached hydrogens (tertiary/aromatic N) is 4. The highest BCUT2D eigenvalue weighted by Crippen LogP contribution is 2.41. The Bertz CT molecular complexity index is 1970. The van der Waals surface area contributed by atoms with Crippen molar-refractivity contribution in [2.75, 3.05) is 35.0 Å². The lowest BCUT2D eigenvalue weighted by Gasteiger charge is -2.24. The third kappa shape index (κ3) is 7.04. The molecule has 1 aliphatic carbocycles. The number of amides is 2. The zero-order valence-electron chi connectivity index (χ0n) is 26.6. The second kappa shape index (κ2) is 12.8. The number of carboxylic acid groups (broad SMARTS) is 1. The molecular weight excluding hydrogens is 618 g/mol. The molecule has 0 aliphatic heterocycles. The highest BCUT2D eigenvalue weighted by Gasteiger charge is 2.28. The van der Waals surface area contributed by atoms with Crippen LogP contribution in [-0.2, 0) is 5.41 Å². The van der Waals surface area contributed by atoms with E-state index < -0.39 is 12.0 Å². The van der Waals surface area contributed by atoms with Crippen LogP contribution in [-0.4, -0.2) is 52.3 Å². The Labute approximate surface area is 275 Å². The van der Waals surface area contributed by atoms with E-state index in [1.807, 2.05) is 43.4 Å². The molecule has 2 heterocycles. The second-order valence-electron chi connectivity index (χ2n) is 12.2. The van der Waals surface area contributed by atoms with Gasteiger partial charge in [-0.1, -0.05) is 45.0 Å². The first-order valence-corrected chi connectivity index (χ1v) is 15.9. The summed E-state index contributed by atoms with van der Waals surface area (Å²) in [5.74, 6) is 0.887. The number of nitrogens with one attached hydrogen (secondary N) is 3. The summed E-state index contributed by atoms with van der Waals surface area (Å²) in [5.41, 5.74) is 2.10. The zero-order chi connectivity index (χ0) is 33.3. The molecule has 0 unspecified atom stereocenters. The lowest BCUT2D eigenvalue weighted by Crippen LogP contribution is -2.21. The van der Waals surface area contributed by atoms with Crippen LogP contribution >= 0.6 is 11.3 Å². The number of carbonyl (C=O) groups excluding carboxylic acids is 1. The van der Waals surface area contributed by atoms with Crippen LogP contribution in [0.2, 0.25) is 0 Å². The van der Waals surface area contributed by atoms with E-state index in [0.717, 1.165) is 40.5 Å². The number of carbonyl (C=O) groups is 2. The van der Waals surface area contributed by atoms with E-state index in [2.05, 4.69) is 56.6 Å². The zero-order valence-corrected chi connectivity index (χ0v) is 27.4. The molecule has 2 aromatic heterocycles. The van der Waals surface area contributed by atoms with Gasteiger partial charge in [0.15, 0.2) is 16.6 Å². The van der Waals surface area contributed by atoms with Gasteiger partial charge in [0, 0.05) is 41.5 Å². The highest BCUT2D eigenvalue weighted by atomic mass is 32.1. The van der Waals surface area contributed by atoms with E-state index in [1.165, 1.54) is 12.5 Å². The monoisotopic (exact) mass is 653 g/mol. The Morgan fingerprint density at radius 3 is 2.38 bits per heavy atom. The van der Waals surface area contributed by atoms with Gasteiger partial charge < -0.3 is 35.4 Å². The molecule has 13 heteroatoms. The number of benzene rings is 3. The number of aromatic carboxylic acids is 1.